The number of nitrogens with zero attached hydrogens (tertiary/aromatic N) is 3. The van der Waals surface area contributed by atoms with Crippen LogP contribution in [0.3, 0.4) is 0 Å². The van der Waals surface area contributed by atoms with Gasteiger partial charge < -0.3 is 25.0 Å². The Balaban J connectivity index is 2.14. The van der Waals surface area contributed by atoms with Gasteiger partial charge in [0.2, 0.25) is 0 Å². The van der Waals surface area contributed by atoms with E-state index in [0.29, 0.717) is 33.6 Å². The molecule has 10 heteroatoms. The molecule has 3 aromatic rings. The van der Waals surface area contributed by atoms with Gasteiger partial charge in [0.05, 0.1) is 19.9 Å². The highest BCUT2D eigenvalue weighted by Crippen LogP contribution is 2.36. The molecule has 0 fully saturated rings. The molecule has 1 heterocycles. The number of aromatic hydroxyl groups is 1. The third-order valence-corrected chi connectivity index (χ3v) is 4.88. The first-order valence-corrected chi connectivity index (χ1v) is 10.1. The minimum atomic E-state index is -1.28. The van der Waals surface area contributed by atoms with E-state index in [-0.39, 0.29) is 22.7 Å². The molecular weight excluding hydrogens is 420 g/mol. The number of hydrogen-bond acceptors (Lipinski definition) is 9. The molecule has 0 radical (unpaired) electrons. The molecule has 0 saturated carbocycles. The zero-order chi connectivity index (χ0) is 22.5. The topological polar surface area (TPSA) is 138 Å². The van der Waals surface area contributed by atoms with Crippen LogP contribution in [0.2, 0.25) is 0 Å². The average Bonchev–Trinajstić information content (AvgIpc) is 2.78. The second kappa shape index (κ2) is 9.23. The molecule has 31 heavy (non-hydrogen) atoms. The maximum absolute atomic E-state index is 11.3. The van der Waals surface area contributed by atoms with Crippen LogP contribution < -0.4 is 14.8 Å². The number of carboxylic acid groups (broad SMARTS) is 1. The van der Waals surface area contributed by atoms with Crippen LogP contribution >= 0.6 is 11.8 Å². The highest BCUT2D eigenvalue weighted by Gasteiger charge is 2.19. The van der Waals surface area contributed by atoms with E-state index < -0.39 is 5.97 Å². The van der Waals surface area contributed by atoms with Crippen molar-refractivity contribution in [1.82, 2.24) is 9.97 Å². The van der Waals surface area contributed by atoms with Crippen molar-refractivity contribution in [1.29, 1.82) is 5.26 Å². The van der Waals surface area contributed by atoms with E-state index in [1.54, 1.807) is 24.5 Å². The second-order valence-electron chi connectivity index (χ2n) is 6.13. The van der Waals surface area contributed by atoms with Crippen molar-refractivity contribution in [3.63, 3.8) is 0 Å². The molecule has 0 spiro atoms. The summed E-state index contributed by atoms with van der Waals surface area (Å²) < 4.78 is 10.6. The molecule has 1 aromatic heterocycles. The number of aromatic nitrogens is 2. The fourth-order valence-electron chi connectivity index (χ4n) is 2.84. The highest BCUT2D eigenvalue weighted by atomic mass is 32.2. The van der Waals surface area contributed by atoms with Crippen LogP contribution in [0.25, 0.3) is 11.3 Å². The van der Waals surface area contributed by atoms with E-state index in [2.05, 4.69) is 21.4 Å². The van der Waals surface area contributed by atoms with Crippen LogP contribution in [-0.2, 0) is 0 Å². The van der Waals surface area contributed by atoms with E-state index in [0.717, 1.165) is 0 Å². The van der Waals surface area contributed by atoms with Crippen LogP contribution in [0.5, 0.6) is 17.2 Å². The molecule has 0 unspecified atom stereocenters. The van der Waals surface area contributed by atoms with Gasteiger partial charge in [0.15, 0.2) is 22.5 Å². The first-order chi connectivity index (χ1) is 14.9. The average molecular weight is 438 g/mol. The number of thioether (sulfide) groups is 1. The maximum Gasteiger partial charge on any atom is 0.339 e. The largest absolute Gasteiger partial charge is 0.507 e. The number of carboxylic acids is 1. The Morgan fingerprint density at radius 2 is 1.87 bits per heavy atom. The standard InChI is InChI=1S/C21H18N4O5S/c1-29-16-7-4-11(8-17(16)30-2)18-14(10-22)19(25-21(24-18)31-3)23-12-5-6-15(26)13(9-12)20(27)28/h4-9,26H,1-3H3,(H,27,28)(H,23,24,25). The minimum Gasteiger partial charge on any atom is -0.507 e. The van der Waals surface area contributed by atoms with Crippen LogP contribution in [0.4, 0.5) is 11.5 Å². The maximum atomic E-state index is 11.3. The smallest absolute Gasteiger partial charge is 0.339 e. The van der Waals surface area contributed by atoms with Crippen molar-refractivity contribution < 1.29 is 24.5 Å². The van der Waals surface area contributed by atoms with Gasteiger partial charge in [-0.3, -0.25) is 0 Å². The van der Waals surface area contributed by atoms with Gasteiger partial charge in [-0.05, 0) is 42.7 Å². The van der Waals surface area contributed by atoms with Crippen LogP contribution in [-0.4, -0.2) is 46.6 Å². The molecule has 0 atom stereocenters. The SMILES string of the molecule is COc1ccc(-c2nc(SC)nc(Nc3ccc(O)c(C(=O)O)c3)c2C#N)cc1OC. The molecule has 9 nitrogen and oxygen atoms in total. The third kappa shape index (κ3) is 4.46. The van der Waals surface area contributed by atoms with Crippen LogP contribution in [0.1, 0.15) is 15.9 Å². The predicted molar refractivity (Wildman–Crippen MR) is 115 cm³/mol. The van der Waals surface area contributed by atoms with Gasteiger partial charge >= 0.3 is 5.97 Å². The first-order valence-electron chi connectivity index (χ1n) is 8.83. The summed E-state index contributed by atoms with van der Waals surface area (Å²) in [6.07, 6.45) is 1.80. The lowest BCUT2D eigenvalue weighted by atomic mass is 10.1. The molecule has 2 aromatic carbocycles. The number of phenols is 1. The zero-order valence-electron chi connectivity index (χ0n) is 16.8. The summed E-state index contributed by atoms with van der Waals surface area (Å²) in [7, 11) is 3.04. The van der Waals surface area contributed by atoms with E-state index >= 15 is 0 Å². The molecule has 0 aliphatic heterocycles. The molecule has 3 N–H and O–H groups in total. The van der Waals surface area contributed by atoms with Crippen molar-refractivity contribution in [3.05, 3.63) is 47.5 Å². The monoisotopic (exact) mass is 438 g/mol. The van der Waals surface area contributed by atoms with Crippen molar-refractivity contribution >= 4 is 29.2 Å². The minimum absolute atomic E-state index is 0.162. The van der Waals surface area contributed by atoms with E-state index in [9.17, 15) is 20.3 Å². The lowest BCUT2D eigenvalue weighted by Gasteiger charge is -2.14. The summed E-state index contributed by atoms with van der Waals surface area (Å²) in [4.78, 5) is 20.2. The summed E-state index contributed by atoms with van der Waals surface area (Å²) >= 11 is 1.29. The van der Waals surface area contributed by atoms with Crippen molar-refractivity contribution in [2.45, 2.75) is 5.16 Å². The number of ether oxygens (including phenoxy) is 2. The summed E-state index contributed by atoms with van der Waals surface area (Å²) in [6.45, 7) is 0. The second-order valence-corrected chi connectivity index (χ2v) is 6.90. The number of rotatable bonds is 7. The predicted octanol–water partition coefficient (Wildman–Crippen LogP) is 3.90. The summed E-state index contributed by atoms with van der Waals surface area (Å²) in [5.74, 6) is -0.425. The quantitative estimate of drug-likeness (QED) is 0.283. The highest BCUT2D eigenvalue weighted by molar-refractivity contribution is 7.98. The first kappa shape index (κ1) is 21.7. The molecule has 0 saturated heterocycles. The molecule has 0 bridgehead atoms. The van der Waals surface area contributed by atoms with Gasteiger partial charge in [-0.2, -0.15) is 5.26 Å². The van der Waals surface area contributed by atoms with E-state index in [1.165, 1.54) is 44.2 Å². The molecule has 0 aliphatic carbocycles. The number of nitriles is 1. The van der Waals surface area contributed by atoms with Gasteiger partial charge in [0, 0.05) is 11.3 Å². The van der Waals surface area contributed by atoms with Gasteiger partial charge in [-0.15, -0.1) is 0 Å². The summed E-state index contributed by atoms with van der Waals surface area (Å²) in [5.41, 5.74) is 1.22. The zero-order valence-corrected chi connectivity index (χ0v) is 17.6. The number of benzene rings is 2. The third-order valence-electron chi connectivity index (χ3n) is 4.33. The fourth-order valence-corrected chi connectivity index (χ4v) is 3.21. The number of hydrogen-bond donors (Lipinski definition) is 3. The number of nitrogens with one attached hydrogen (secondary N) is 1. The number of carbonyl (C=O) groups is 1. The van der Waals surface area contributed by atoms with E-state index in [1.807, 2.05) is 0 Å². The lowest BCUT2D eigenvalue weighted by Crippen LogP contribution is -2.05. The Morgan fingerprint density at radius 1 is 1.13 bits per heavy atom. The van der Waals surface area contributed by atoms with Crippen molar-refractivity contribution in [3.8, 4) is 34.6 Å². The van der Waals surface area contributed by atoms with Gasteiger partial charge in [-0.1, -0.05) is 11.8 Å². The summed E-state index contributed by atoms with van der Waals surface area (Å²) in [6, 6.07) is 11.3. The Kier molecular flexibility index (Phi) is 6.47. The Hall–Kier alpha value is -3.97. The Labute approximate surface area is 182 Å². The molecule has 158 valence electrons. The van der Waals surface area contributed by atoms with Crippen LogP contribution in [0.15, 0.2) is 41.6 Å². The molecular formula is C21H18N4O5S. The molecule has 3 rings (SSSR count). The molecule has 0 amide bonds. The summed E-state index contributed by atoms with van der Waals surface area (Å²) in [5, 5.41) is 32.2. The van der Waals surface area contributed by atoms with Crippen molar-refractivity contribution in [2.75, 3.05) is 25.8 Å². The number of aromatic carboxylic acids is 1. The lowest BCUT2D eigenvalue weighted by molar-refractivity contribution is 0.0694. The normalized spacial score (nSPS) is 10.3. The molecule has 0 aliphatic rings. The number of methoxy groups -OCH3 is 2. The fraction of sp³-hybridized carbons (Fsp3) is 0.143. The van der Waals surface area contributed by atoms with E-state index in [4.69, 9.17) is 9.47 Å². The van der Waals surface area contributed by atoms with Crippen molar-refractivity contribution in [2.24, 2.45) is 0 Å². The van der Waals surface area contributed by atoms with Crippen LogP contribution in [0, 0.1) is 11.3 Å². The Morgan fingerprint density at radius 3 is 2.48 bits per heavy atom. The van der Waals surface area contributed by atoms with Gasteiger partial charge in [-0.25, -0.2) is 14.8 Å². The number of anilines is 2. The van der Waals surface area contributed by atoms with Gasteiger partial charge in [0.25, 0.3) is 0 Å². The Bertz CT molecular complexity index is 1190. The van der Waals surface area contributed by atoms with Gasteiger partial charge in [0.1, 0.15) is 22.9 Å².